The summed E-state index contributed by atoms with van der Waals surface area (Å²) in [5, 5.41) is 9.63. The molecule has 1 fully saturated rings. The number of aromatic nitrogens is 1. The van der Waals surface area contributed by atoms with Crippen LogP contribution in [0.3, 0.4) is 0 Å². The second kappa shape index (κ2) is 8.18. The van der Waals surface area contributed by atoms with Gasteiger partial charge < -0.3 is 19.5 Å². The fraction of sp³-hybridized carbons (Fsp3) is 0.350. The van der Waals surface area contributed by atoms with E-state index in [1.807, 2.05) is 0 Å². The summed E-state index contributed by atoms with van der Waals surface area (Å²) in [6.45, 7) is 0.762. The third-order valence-electron chi connectivity index (χ3n) is 4.71. The average Bonchev–Trinajstić information content (AvgIpc) is 2.69. The van der Waals surface area contributed by atoms with Gasteiger partial charge in [-0.3, -0.25) is 14.6 Å². The maximum atomic E-state index is 12.8. The summed E-state index contributed by atoms with van der Waals surface area (Å²) < 4.78 is 10.8. The molecule has 0 radical (unpaired) electrons. The van der Waals surface area contributed by atoms with Crippen molar-refractivity contribution < 1.29 is 24.2 Å². The number of nitrogens with zero attached hydrogens (tertiary/aromatic N) is 2. The number of aliphatic carboxylic acids is 1. The Kier molecular flexibility index (Phi) is 5.71. The van der Waals surface area contributed by atoms with Crippen LogP contribution in [0.25, 0.3) is 0 Å². The van der Waals surface area contributed by atoms with E-state index in [1.165, 1.54) is 7.11 Å². The quantitative estimate of drug-likeness (QED) is 0.841. The van der Waals surface area contributed by atoms with E-state index in [-0.39, 0.29) is 19.1 Å². The molecule has 0 spiro atoms. The molecule has 2 aromatic rings. The van der Waals surface area contributed by atoms with Crippen LogP contribution in [0.15, 0.2) is 48.8 Å². The van der Waals surface area contributed by atoms with Crippen LogP contribution in [0.5, 0.6) is 11.5 Å². The van der Waals surface area contributed by atoms with Gasteiger partial charge in [-0.25, -0.2) is 0 Å². The van der Waals surface area contributed by atoms with Crippen LogP contribution in [0.2, 0.25) is 0 Å². The molecule has 27 heavy (non-hydrogen) atoms. The highest BCUT2D eigenvalue weighted by atomic mass is 16.5. The minimum absolute atomic E-state index is 0.0873. The van der Waals surface area contributed by atoms with Crippen molar-refractivity contribution in [1.29, 1.82) is 0 Å². The molecule has 0 bridgehead atoms. The molecular weight excluding hydrogens is 348 g/mol. The second-order valence-corrected chi connectivity index (χ2v) is 6.66. The van der Waals surface area contributed by atoms with Crippen molar-refractivity contribution in [2.45, 2.75) is 12.8 Å². The van der Waals surface area contributed by atoms with Crippen LogP contribution < -0.4 is 4.74 Å². The molecular formula is C20H22N2O5. The van der Waals surface area contributed by atoms with Gasteiger partial charge >= 0.3 is 5.97 Å². The normalized spacial score (nSPS) is 19.5. The second-order valence-electron chi connectivity index (χ2n) is 6.66. The van der Waals surface area contributed by atoms with Gasteiger partial charge in [0.25, 0.3) is 5.91 Å². The van der Waals surface area contributed by atoms with Crippen molar-refractivity contribution in [3.05, 3.63) is 54.4 Å². The summed E-state index contributed by atoms with van der Waals surface area (Å²) in [5.41, 5.74) is -0.557. The van der Waals surface area contributed by atoms with Gasteiger partial charge in [0.1, 0.15) is 16.9 Å². The lowest BCUT2D eigenvalue weighted by atomic mass is 9.80. The maximum Gasteiger partial charge on any atom is 0.313 e. The Morgan fingerprint density at radius 3 is 2.63 bits per heavy atom. The Hall–Kier alpha value is -2.93. The number of benzene rings is 1. The Labute approximate surface area is 157 Å². The van der Waals surface area contributed by atoms with Crippen LogP contribution in [0.4, 0.5) is 0 Å². The Balaban J connectivity index is 1.70. The zero-order valence-corrected chi connectivity index (χ0v) is 15.1. The van der Waals surface area contributed by atoms with Gasteiger partial charge in [0, 0.05) is 32.0 Å². The molecule has 1 unspecified atom stereocenters. The van der Waals surface area contributed by atoms with Gasteiger partial charge in [-0.2, -0.15) is 0 Å². The molecule has 1 aromatic carbocycles. The van der Waals surface area contributed by atoms with Crippen molar-refractivity contribution in [2.24, 2.45) is 5.41 Å². The average molecular weight is 370 g/mol. The number of methoxy groups -OCH3 is 1. The number of hydrogen-bond donors (Lipinski definition) is 1. The van der Waals surface area contributed by atoms with Gasteiger partial charge in [-0.05, 0) is 49.2 Å². The minimum atomic E-state index is -1.05. The number of hydrogen-bond acceptors (Lipinski definition) is 5. The summed E-state index contributed by atoms with van der Waals surface area (Å²) in [4.78, 5) is 30.2. The van der Waals surface area contributed by atoms with E-state index >= 15 is 0 Å². The van der Waals surface area contributed by atoms with Crippen LogP contribution in [0.1, 0.15) is 23.2 Å². The number of carboxylic acid groups (broad SMARTS) is 1. The van der Waals surface area contributed by atoms with Gasteiger partial charge in [-0.1, -0.05) is 0 Å². The molecule has 1 aliphatic rings. The number of likely N-dealkylation sites (tertiary alicyclic amines) is 1. The molecule has 3 rings (SSSR count). The van der Waals surface area contributed by atoms with Crippen molar-refractivity contribution in [3.8, 4) is 11.5 Å². The molecule has 2 heterocycles. The predicted molar refractivity (Wildman–Crippen MR) is 97.8 cm³/mol. The van der Waals surface area contributed by atoms with Gasteiger partial charge in [-0.15, -0.1) is 0 Å². The van der Waals surface area contributed by atoms with E-state index in [0.29, 0.717) is 36.4 Å². The molecule has 7 heteroatoms. The van der Waals surface area contributed by atoms with Crippen molar-refractivity contribution in [3.63, 3.8) is 0 Å². The third kappa shape index (κ3) is 4.25. The lowest BCUT2D eigenvalue weighted by Gasteiger charge is -2.39. The lowest BCUT2D eigenvalue weighted by molar-refractivity contribution is -0.155. The van der Waals surface area contributed by atoms with E-state index in [0.717, 1.165) is 0 Å². The van der Waals surface area contributed by atoms with E-state index < -0.39 is 11.4 Å². The summed E-state index contributed by atoms with van der Waals surface area (Å²) in [6, 6.07) is 10.4. The number of carboxylic acids is 1. The van der Waals surface area contributed by atoms with E-state index in [9.17, 15) is 14.7 Å². The fourth-order valence-electron chi connectivity index (χ4n) is 3.33. The molecule has 7 nitrogen and oxygen atoms in total. The molecule has 1 saturated heterocycles. The Morgan fingerprint density at radius 1 is 1.22 bits per heavy atom. The van der Waals surface area contributed by atoms with Crippen LogP contribution in [-0.4, -0.2) is 53.7 Å². The van der Waals surface area contributed by atoms with Crippen molar-refractivity contribution in [2.75, 3.05) is 26.8 Å². The molecule has 0 aliphatic carbocycles. The molecule has 0 saturated carbocycles. The number of pyridine rings is 1. The molecule has 1 aromatic heterocycles. The van der Waals surface area contributed by atoms with Crippen molar-refractivity contribution >= 4 is 11.9 Å². The monoisotopic (exact) mass is 370 g/mol. The summed E-state index contributed by atoms with van der Waals surface area (Å²) in [6.07, 6.45) is 4.39. The lowest BCUT2D eigenvalue weighted by Crippen LogP contribution is -2.52. The standard InChI is InChI=1S/C20H22N2O5/c1-26-14-20(19(24)25)9-3-11-22(13-20)18(23)15-5-7-16(8-6-15)27-17-4-2-10-21-12-17/h2,4-8,10,12H,3,9,11,13-14H2,1H3,(H,24,25). The maximum absolute atomic E-state index is 12.8. The smallest absolute Gasteiger partial charge is 0.313 e. The topological polar surface area (TPSA) is 89.0 Å². The first-order valence-electron chi connectivity index (χ1n) is 8.74. The molecule has 1 N–H and O–H groups in total. The van der Waals surface area contributed by atoms with Crippen LogP contribution in [0, 0.1) is 5.41 Å². The SMILES string of the molecule is COCC1(C(=O)O)CCCN(C(=O)c2ccc(Oc3cccnc3)cc2)C1. The molecule has 1 atom stereocenters. The predicted octanol–water partition coefficient (Wildman–Crippen LogP) is 2.83. The number of carbonyl (C=O) groups is 2. The number of carbonyl (C=O) groups excluding carboxylic acids is 1. The first-order chi connectivity index (χ1) is 13.0. The van der Waals surface area contributed by atoms with Gasteiger partial charge in [0.2, 0.25) is 0 Å². The number of amides is 1. The Morgan fingerprint density at radius 2 is 2.00 bits per heavy atom. The van der Waals surface area contributed by atoms with Crippen LogP contribution >= 0.6 is 0 Å². The summed E-state index contributed by atoms with van der Waals surface area (Å²) >= 11 is 0. The number of rotatable bonds is 6. The summed E-state index contributed by atoms with van der Waals surface area (Å²) in [7, 11) is 1.48. The summed E-state index contributed by atoms with van der Waals surface area (Å²) in [5.74, 6) is 0.0855. The van der Waals surface area contributed by atoms with Gasteiger partial charge in [0.15, 0.2) is 0 Å². The third-order valence-corrected chi connectivity index (χ3v) is 4.71. The zero-order chi connectivity index (χ0) is 19.3. The van der Waals surface area contributed by atoms with E-state index in [2.05, 4.69) is 4.98 Å². The highest BCUT2D eigenvalue weighted by Crippen LogP contribution is 2.32. The first-order valence-corrected chi connectivity index (χ1v) is 8.74. The number of ether oxygens (including phenoxy) is 2. The van der Waals surface area contributed by atoms with Crippen LogP contribution in [-0.2, 0) is 9.53 Å². The number of piperidine rings is 1. The highest BCUT2D eigenvalue weighted by molar-refractivity contribution is 5.95. The highest BCUT2D eigenvalue weighted by Gasteiger charge is 2.43. The largest absolute Gasteiger partial charge is 0.481 e. The first kappa shape index (κ1) is 18.8. The Bertz CT molecular complexity index is 790. The van der Waals surface area contributed by atoms with E-state index in [1.54, 1.807) is 53.7 Å². The zero-order valence-electron chi connectivity index (χ0n) is 15.1. The van der Waals surface area contributed by atoms with Gasteiger partial charge in [0.05, 0.1) is 12.8 Å². The molecule has 1 aliphatic heterocycles. The molecule has 1 amide bonds. The fourth-order valence-corrected chi connectivity index (χ4v) is 3.33. The van der Waals surface area contributed by atoms with E-state index in [4.69, 9.17) is 9.47 Å². The minimum Gasteiger partial charge on any atom is -0.481 e. The van der Waals surface area contributed by atoms with Crippen molar-refractivity contribution in [1.82, 2.24) is 9.88 Å². The molecule has 142 valence electrons.